The first-order valence-electron chi connectivity index (χ1n) is 5.21. The highest BCUT2D eigenvalue weighted by atomic mass is 16.4. The average Bonchev–Trinajstić information content (AvgIpc) is 2.26. The highest BCUT2D eigenvalue weighted by molar-refractivity contribution is 5.70. The van der Waals surface area contributed by atoms with Crippen LogP contribution >= 0.6 is 0 Å². The van der Waals surface area contributed by atoms with Crippen LogP contribution in [0.15, 0.2) is 0 Å². The monoisotopic (exact) mass is 200 g/mol. The van der Waals surface area contributed by atoms with E-state index in [4.69, 9.17) is 5.11 Å². The van der Waals surface area contributed by atoms with E-state index in [-0.39, 0.29) is 5.92 Å². The minimum absolute atomic E-state index is 0.276. The Morgan fingerprint density at radius 1 is 1.50 bits per heavy atom. The first-order chi connectivity index (χ1) is 6.52. The van der Waals surface area contributed by atoms with Crippen LogP contribution in [-0.4, -0.2) is 47.7 Å². The van der Waals surface area contributed by atoms with E-state index >= 15 is 0 Å². The van der Waals surface area contributed by atoms with Crippen molar-refractivity contribution in [2.24, 2.45) is 5.92 Å². The molecule has 82 valence electrons. The molecule has 2 unspecified atom stereocenters. The molecule has 0 radical (unpaired) electrons. The Morgan fingerprint density at radius 2 is 2.14 bits per heavy atom. The molecular formula is C10H20N2O2. The van der Waals surface area contributed by atoms with Crippen molar-refractivity contribution >= 4 is 5.97 Å². The maximum absolute atomic E-state index is 10.9. The van der Waals surface area contributed by atoms with E-state index in [0.717, 1.165) is 6.54 Å². The molecule has 0 aliphatic carbocycles. The highest BCUT2D eigenvalue weighted by Crippen LogP contribution is 2.12. The van der Waals surface area contributed by atoms with Crippen molar-refractivity contribution in [1.82, 2.24) is 10.2 Å². The van der Waals surface area contributed by atoms with Crippen molar-refractivity contribution in [3.05, 3.63) is 0 Å². The van der Waals surface area contributed by atoms with Gasteiger partial charge in [0.1, 0.15) is 0 Å². The summed E-state index contributed by atoms with van der Waals surface area (Å²) in [4.78, 5) is 13.2. The lowest BCUT2D eigenvalue weighted by Gasteiger charge is -2.31. The molecule has 1 rings (SSSR count). The lowest BCUT2D eigenvalue weighted by atomic mass is 10.1. The SMILES string of the molecule is CC(C)N1CC(C(=O)O)CNCC1C. The molecule has 0 aromatic rings. The highest BCUT2D eigenvalue weighted by Gasteiger charge is 2.28. The van der Waals surface area contributed by atoms with Crippen molar-refractivity contribution in [3.8, 4) is 0 Å². The van der Waals surface area contributed by atoms with Crippen LogP contribution in [0.4, 0.5) is 0 Å². The fourth-order valence-electron chi connectivity index (χ4n) is 1.97. The normalized spacial score (nSPS) is 30.3. The van der Waals surface area contributed by atoms with Crippen LogP contribution in [-0.2, 0) is 4.79 Å². The Balaban J connectivity index is 2.66. The smallest absolute Gasteiger partial charge is 0.309 e. The second-order valence-corrected chi connectivity index (χ2v) is 4.33. The summed E-state index contributed by atoms with van der Waals surface area (Å²) in [6.07, 6.45) is 0. The number of carboxylic acid groups (broad SMARTS) is 1. The van der Waals surface area contributed by atoms with Gasteiger partial charge in [0.15, 0.2) is 0 Å². The first-order valence-corrected chi connectivity index (χ1v) is 5.21. The molecule has 1 heterocycles. The zero-order valence-corrected chi connectivity index (χ0v) is 9.16. The maximum Gasteiger partial charge on any atom is 0.309 e. The quantitative estimate of drug-likeness (QED) is 0.677. The van der Waals surface area contributed by atoms with Gasteiger partial charge in [0.2, 0.25) is 0 Å². The van der Waals surface area contributed by atoms with E-state index in [9.17, 15) is 4.79 Å². The van der Waals surface area contributed by atoms with Gasteiger partial charge in [-0.05, 0) is 20.8 Å². The van der Waals surface area contributed by atoms with E-state index in [0.29, 0.717) is 25.2 Å². The number of aliphatic carboxylic acids is 1. The molecule has 0 saturated carbocycles. The standard InChI is InChI=1S/C10H20N2O2/c1-7(2)12-6-9(10(13)14)5-11-4-8(12)3/h7-9,11H,4-6H2,1-3H3,(H,13,14). The summed E-state index contributed by atoms with van der Waals surface area (Å²) in [6, 6.07) is 0.825. The second kappa shape index (κ2) is 4.75. The summed E-state index contributed by atoms with van der Waals surface area (Å²) >= 11 is 0. The molecular weight excluding hydrogens is 180 g/mol. The molecule has 4 nitrogen and oxygen atoms in total. The number of rotatable bonds is 2. The molecule has 0 aromatic heterocycles. The third-order valence-electron chi connectivity index (χ3n) is 2.84. The molecule has 0 spiro atoms. The zero-order chi connectivity index (χ0) is 10.7. The third-order valence-corrected chi connectivity index (χ3v) is 2.84. The van der Waals surface area contributed by atoms with Crippen LogP contribution in [0.1, 0.15) is 20.8 Å². The summed E-state index contributed by atoms with van der Waals surface area (Å²) in [5, 5.41) is 12.2. The van der Waals surface area contributed by atoms with Gasteiger partial charge in [-0.2, -0.15) is 0 Å². The number of hydrogen-bond acceptors (Lipinski definition) is 3. The lowest BCUT2D eigenvalue weighted by Crippen LogP contribution is -2.43. The lowest BCUT2D eigenvalue weighted by molar-refractivity contribution is -0.142. The number of nitrogens with zero attached hydrogens (tertiary/aromatic N) is 1. The Hall–Kier alpha value is -0.610. The molecule has 1 aliphatic heterocycles. The van der Waals surface area contributed by atoms with E-state index < -0.39 is 5.97 Å². The Kier molecular flexibility index (Phi) is 3.89. The van der Waals surface area contributed by atoms with Gasteiger partial charge in [-0.1, -0.05) is 0 Å². The summed E-state index contributed by atoms with van der Waals surface area (Å²) in [5.41, 5.74) is 0. The number of nitrogens with one attached hydrogen (secondary N) is 1. The molecule has 4 heteroatoms. The van der Waals surface area contributed by atoms with Crippen LogP contribution in [0.5, 0.6) is 0 Å². The van der Waals surface area contributed by atoms with Crippen LogP contribution in [0.2, 0.25) is 0 Å². The molecule has 0 aromatic carbocycles. The summed E-state index contributed by atoms with van der Waals surface area (Å²) in [5.74, 6) is -0.973. The van der Waals surface area contributed by atoms with Gasteiger partial charge in [-0.15, -0.1) is 0 Å². The Morgan fingerprint density at radius 3 is 2.64 bits per heavy atom. The van der Waals surface area contributed by atoms with Gasteiger partial charge in [-0.3, -0.25) is 9.69 Å². The van der Waals surface area contributed by atoms with Crippen LogP contribution in [0.3, 0.4) is 0 Å². The molecule has 2 atom stereocenters. The van der Waals surface area contributed by atoms with Gasteiger partial charge >= 0.3 is 5.97 Å². The molecule has 14 heavy (non-hydrogen) atoms. The molecule has 0 bridgehead atoms. The van der Waals surface area contributed by atoms with Gasteiger partial charge in [0.25, 0.3) is 0 Å². The fourth-order valence-corrected chi connectivity index (χ4v) is 1.97. The number of carboxylic acids is 1. The summed E-state index contributed by atoms with van der Waals surface area (Å²) < 4.78 is 0. The van der Waals surface area contributed by atoms with Crippen molar-refractivity contribution < 1.29 is 9.90 Å². The second-order valence-electron chi connectivity index (χ2n) is 4.33. The van der Waals surface area contributed by atoms with Gasteiger partial charge in [-0.25, -0.2) is 0 Å². The summed E-state index contributed by atoms with van der Waals surface area (Å²) in [6.45, 7) is 8.48. The number of hydrogen-bond donors (Lipinski definition) is 2. The van der Waals surface area contributed by atoms with Crippen LogP contribution in [0.25, 0.3) is 0 Å². The predicted octanol–water partition coefficient (Wildman–Crippen LogP) is 0.389. The molecule has 1 fully saturated rings. The van der Waals surface area contributed by atoms with Crippen molar-refractivity contribution in [1.29, 1.82) is 0 Å². The topological polar surface area (TPSA) is 52.6 Å². The van der Waals surface area contributed by atoms with Crippen LogP contribution < -0.4 is 5.32 Å². The molecule has 1 saturated heterocycles. The molecule has 2 N–H and O–H groups in total. The van der Waals surface area contributed by atoms with Gasteiger partial charge in [0.05, 0.1) is 5.92 Å². The Bertz CT molecular complexity index is 206. The third kappa shape index (κ3) is 2.69. The van der Waals surface area contributed by atoms with Crippen molar-refractivity contribution in [2.45, 2.75) is 32.9 Å². The fraction of sp³-hybridized carbons (Fsp3) is 0.900. The predicted molar refractivity (Wildman–Crippen MR) is 55.3 cm³/mol. The van der Waals surface area contributed by atoms with Crippen LogP contribution in [0, 0.1) is 5.92 Å². The maximum atomic E-state index is 10.9. The zero-order valence-electron chi connectivity index (χ0n) is 9.16. The van der Waals surface area contributed by atoms with Gasteiger partial charge in [0, 0.05) is 31.7 Å². The molecule has 1 aliphatic rings. The van der Waals surface area contributed by atoms with E-state index in [1.165, 1.54) is 0 Å². The minimum Gasteiger partial charge on any atom is -0.481 e. The van der Waals surface area contributed by atoms with Crippen molar-refractivity contribution in [2.75, 3.05) is 19.6 Å². The Labute approximate surface area is 85.3 Å². The largest absolute Gasteiger partial charge is 0.481 e. The van der Waals surface area contributed by atoms with Gasteiger partial charge < -0.3 is 10.4 Å². The summed E-state index contributed by atoms with van der Waals surface area (Å²) in [7, 11) is 0. The number of carbonyl (C=O) groups is 1. The minimum atomic E-state index is -0.697. The van der Waals surface area contributed by atoms with E-state index in [1.54, 1.807) is 0 Å². The first kappa shape index (κ1) is 11.5. The van der Waals surface area contributed by atoms with E-state index in [1.807, 2.05) is 0 Å². The average molecular weight is 200 g/mol. The van der Waals surface area contributed by atoms with Crippen molar-refractivity contribution in [3.63, 3.8) is 0 Å². The molecule has 0 amide bonds. The van der Waals surface area contributed by atoms with E-state index in [2.05, 4.69) is 31.0 Å².